The van der Waals surface area contributed by atoms with E-state index in [4.69, 9.17) is 4.74 Å². The molecule has 1 aliphatic carbocycles. The Kier molecular flexibility index (Phi) is 3.63. The lowest BCUT2D eigenvalue weighted by atomic mass is 9.89. The van der Waals surface area contributed by atoms with Crippen molar-refractivity contribution in [1.29, 1.82) is 0 Å². The number of nitrogens with zero attached hydrogens (tertiary/aromatic N) is 1. The van der Waals surface area contributed by atoms with Crippen LogP contribution in [-0.2, 0) is 4.74 Å². The Balaban J connectivity index is 2.08. The minimum absolute atomic E-state index is 0.0974. The van der Waals surface area contributed by atoms with Crippen molar-refractivity contribution in [2.75, 3.05) is 12.4 Å². The quantitative estimate of drug-likeness (QED) is 0.686. The normalized spacial score (nSPS) is 22.9. The molecule has 92 valence electrons. The minimum Gasteiger partial charge on any atom is -0.381 e. The van der Waals surface area contributed by atoms with Gasteiger partial charge in [0.05, 0.1) is 11.0 Å². The molecule has 0 spiro atoms. The zero-order valence-corrected chi connectivity index (χ0v) is 10.9. The van der Waals surface area contributed by atoms with E-state index in [1.54, 1.807) is 19.2 Å². The lowest BCUT2D eigenvalue weighted by Gasteiger charge is -2.35. The van der Waals surface area contributed by atoms with Gasteiger partial charge in [-0.25, -0.2) is 0 Å². The molecule has 2 rings (SSSR count). The van der Waals surface area contributed by atoms with Crippen molar-refractivity contribution in [3.05, 3.63) is 32.8 Å². The third-order valence-corrected chi connectivity index (χ3v) is 3.44. The van der Waals surface area contributed by atoms with Gasteiger partial charge in [-0.1, -0.05) is 15.9 Å². The number of benzene rings is 1. The molecule has 0 amide bonds. The SMILES string of the molecule is CO[C@H]1C[C@@H](Nc2ccc(Br)cc2[N+](=O)[O-])C1. The van der Waals surface area contributed by atoms with Gasteiger partial charge in [0.15, 0.2) is 0 Å². The number of ether oxygens (including phenoxy) is 1. The predicted octanol–water partition coefficient (Wildman–Crippen LogP) is 2.95. The van der Waals surface area contributed by atoms with Gasteiger partial charge < -0.3 is 10.1 Å². The second-order valence-electron chi connectivity index (χ2n) is 4.09. The molecule has 1 saturated carbocycles. The Labute approximate surface area is 107 Å². The first-order valence-electron chi connectivity index (χ1n) is 5.33. The van der Waals surface area contributed by atoms with Crippen LogP contribution in [0.3, 0.4) is 0 Å². The van der Waals surface area contributed by atoms with Crippen LogP contribution in [0.5, 0.6) is 0 Å². The number of methoxy groups -OCH3 is 1. The van der Waals surface area contributed by atoms with Gasteiger partial charge in [-0.3, -0.25) is 10.1 Å². The molecule has 0 aliphatic heterocycles. The molecule has 6 heteroatoms. The second-order valence-corrected chi connectivity index (χ2v) is 5.00. The second kappa shape index (κ2) is 5.01. The van der Waals surface area contributed by atoms with Gasteiger partial charge in [-0.2, -0.15) is 0 Å². The van der Waals surface area contributed by atoms with E-state index in [9.17, 15) is 10.1 Å². The van der Waals surface area contributed by atoms with Crippen LogP contribution in [0.1, 0.15) is 12.8 Å². The average Bonchev–Trinajstić information content (AvgIpc) is 2.24. The van der Waals surface area contributed by atoms with E-state index in [0.717, 1.165) is 12.8 Å². The van der Waals surface area contributed by atoms with Crippen LogP contribution < -0.4 is 5.32 Å². The van der Waals surface area contributed by atoms with Gasteiger partial charge in [-0.05, 0) is 25.0 Å². The molecular formula is C11H13BrN2O3. The smallest absolute Gasteiger partial charge is 0.293 e. The van der Waals surface area contributed by atoms with E-state index in [2.05, 4.69) is 21.2 Å². The molecule has 1 aliphatic rings. The maximum atomic E-state index is 10.9. The molecule has 0 heterocycles. The van der Waals surface area contributed by atoms with Crippen molar-refractivity contribution >= 4 is 27.3 Å². The van der Waals surface area contributed by atoms with Gasteiger partial charge in [0.1, 0.15) is 5.69 Å². The van der Waals surface area contributed by atoms with Gasteiger partial charge in [0.25, 0.3) is 5.69 Å². The molecule has 5 nitrogen and oxygen atoms in total. The summed E-state index contributed by atoms with van der Waals surface area (Å²) >= 11 is 3.23. The Morgan fingerprint density at radius 1 is 1.53 bits per heavy atom. The van der Waals surface area contributed by atoms with E-state index in [0.29, 0.717) is 10.2 Å². The van der Waals surface area contributed by atoms with Crippen molar-refractivity contribution in [2.45, 2.75) is 25.0 Å². The summed E-state index contributed by atoms with van der Waals surface area (Å²) in [6, 6.07) is 5.29. The molecule has 0 unspecified atom stereocenters. The van der Waals surface area contributed by atoms with E-state index < -0.39 is 0 Å². The van der Waals surface area contributed by atoms with Crippen molar-refractivity contribution in [1.82, 2.24) is 0 Å². The molecule has 0 saturated heterocycles. The summed E-state index contributed by atoms with van der Waals surface area (Å²) in [5, 5.41) is 14.1. The maximum absolute atomic E-state index is 10.9. The van der Waals surface area contributed by atoms with Crippen molar-refractivity contribution in [3.8, 4) is 0 Å². The third-order valence-electron chi connectivity index (χ3n) is 2.94. The number of nitro benzene ring substituents is 1. The summed E-state index contributed by atoms with van der Waals surface area (Å²) < 4.78 is 5.88. The number of rotatable bonds is 4. The lowest BCUT2D eigenvalue weighted by Crippen LogP contribution is -2.40. The standard InChI is InChI=1S/C11H13BrN2O3/c1-17-9-5-8(6-9)13-10-3-2-7(12)4-11(10)14(15)16/h2-4,8-9,13H,5-6H2,1H3/t8-,9+. The first-order valence-corrected chi connectivity index (χ1v) is 6.12. The topological polar surface area (TPSA) is 64.4 Å². The summed E-state index contributed by atoms with van der Waals surface area (Å²) in [5.41, 5.74) is 0.665. The third kappa shape index (κ3) is 2.76. The number of anilines is 1. The highest BCUT2D eigenvalue weighted by Crippen LogP contribution is 2.32. The van der Waals surface area contributed by atoms with Crippen LogP contribution >= 0.6 is 15.9 Å². The van der Waals surface area contributed by atoms with Gasteiger partial charge in [0.2, 0.25) is 0 Å². The molecule has 0 radical (unpaired) electrons. The summed E-state index contributed by atoms with van der Waals surface area (Å²) in [6.07, 6.45) is 2.06. The maximum Gasteiger partial charge on any atom is 0.293 e. The van der Waals surface area contributed by atoms with Crippen LogP contribution in [0.4, 0.5) is 11.4 Å². The molecular weight excluding hydrogens is 288 g/mol. The molecule has 1 aromatic rings. The fraction of sp³-hybridized carbons (Fsp3) is 0.455. The predicted molar refractivity (Wildman–Crippen MR) is 68.2 cm³/mol. The number of nitro groups is 1. The van der Waals surface area contributed by atoms with E-state index in [1.807, 2.05) is 0 Å². The van der Waals surface area contributed by atoms with E-state index in [-0.39, 0.29) is 22.8 Å². The summed E-state index contributed by atoms with van der Waals surface area (Å²) in [4.78, 5) is 10.5. The monoisotopic (exact) mass is 300 g/mol. The average molecular weight is 301 g/mol. The Morgan fingerprint density at radius 3 is 2.82 bits per heavy atom. The summed E-state index contributed by atoms with van der Waals surface area (Å²) in [7, 11) is 1.68. The number of halogens is 1. The molecule has 0 bridgehead atoms. The number of nitrogens with one attached hydrogen (secondary N) is 1. The fourth-order valence-electron chi connectivity index (χ4n) is 1.87. The first-order chi connectivity index (χ1) is 8.10. The molecule has 17 heavy (non-hydrogen) atoms. The molecule has 1 aromatic carbocycles. The highest BCUT2D eigenvalue weighted by atomic mass is 79.9. The van der Waals surface area contributed by atoms with Gasteiger partial charge in [-0.15, -0.1) is 0 Å². The summed E-state index contributed by atoms with van der Waals surface area (Å²) in [5.74, 6) is 0. The lowest BCUT2D eigenvalue weighted by molar-refractivity contribution is -0.384. The highest BCUT2D eigenvalue weighted by molar-refractivity contribution is 9.10. The number of hydrogen-bond donors (Lipinski definition) is 1. The van der Waals surface area contributed by atoms with Crippen molar-refractivity contribution < 1.29 is 9.66 Å². The molecule has 1 N–H and O–H groups in total. The Hall–Kier alpha value is -1.14. The van der Waals surface area contributed by atoms with Crippen LogP contribution in [0.2, 0.25) is 0 Å². The van der Waals surface area contributed by atoms with Gasteiger partial charge >= 0.3 is 0 Å². The van der Waals surface area contributed by atoms with Crippen molar-refractivity contribution in [3.63, 3.8) is 0 Å². The molecule has 0 atom stereocenters. The van der Waals surface area contributed by atoms with Crippen LogP contribution in [0.25, 0.3) is 0 Å². The minimum atomic E-state index is -0.375. The summed E-state index contributed by atoms with van der Waals surface area (Å²) in [6.45, 7) is 0. The fourth-order valence-corrected chi connectivity index (χ4v) is 2.22. The zero-order chi connectivity index (χ0) is 12.4. The number of hydrogen-bond acceptors (Lipinski definition) is 4. The molecule has 0 aromatic heterocycles. The molecule has 1 fully saturated rings. The van der Waals surface area contributed by atoms with Crippen LogP contribution in [0, 0.1) is 10.1 Å². The van der Waals surface area contributed by atoms with Crippen LogP contribution in [0.15, 0.2) is 22.7 Å². The zero-order valence-electron chi connectivity index (χ0n) is 9.35. The highest BCUT2D eigenvalue weighted by Gasteiger charge is 2.30. The van der Waals surface area contributed by atoms with E-state index in [1.165, 1.54) is 6.07 Å². The Morgan fingerprint density at radius 2 is 2.24 bits per heavy atom. The largest absolute Gasteiger partial charge is 0.381 e. The van der Waals surface area contributed by atoms with Gasteiger partial charge in [0, 0.05) is 23.7 Å². The van der Waals surface area contributed by atoms with Crippen molar-refractivity contribution in [2.24, 2.45) is 0 Å². The van der Waals surface area contributed by atoms with Crippen LogP contribution in [-0.4, -0.2) is 24.2 Å². The van der Waals surface area contributed by atoms with E-state index >= 15 is 0 Å². The Bertz CT molecular complexity index is 433. The first kappa shape index (κ1) is 12.3.